The van der Waals surface area contributed by atoms with Crippen LogP contribution in [0.25, 0.3) is 0 Å². The van der Waals surface area contributed by atoms with E-state index in [9.17, 15) is 9.59 Å². The lowest BCUT2D eigenvalue weighted by Crippen LogP contribution is -1.97. The van der Waals surface area contributed by atoms with Crippen LogP contribution in [-0.2, 0) is 0 Å². The van der Waals surface area contributed by atoms with E-state index in [0.29, 0.717) is 7.57 Å². The Labute approximate surface area is 104 Å². The number of halogens is 4. The lowest BCUT2D eigenvalue weighted by molar-refractivity contribution is 0.105. The maximum atomic E-state index is 10.9. The van der Waals surface area contributed by atoms with E-state index in [-0.39, 0.29) is 11.1 Å². The van der Waals surface area contributed by atoms with Gasteiger partial charge in [-0.15, -0.1) is 11.3 Å². The summed E-state index contributed by atoms with van der Waals surface area (Å²) in [6.07, 6.45) is 0. The van der Waals surface area contributed by atoms with E-state index in [4.69, 9.17) is 23.2 Å². The summed E-state index contributed by atoms with van der Waals surface area (Å²) in [5.74, 6) is 0. The van der Waals surface area contributed by atoms with Gasteiger partial charge in [0.1, 0.15) is 0 Å². The summed E-state index contributed by atoms with van der Waals surface area (Å²) in [6.45, 7) is 0. The van der Waals surface area contributed by atoms with Gasteiger partial charge in [-0.05, 0) is 55.1 Å². The van der Waals surface area contributed by atoms with E-state index in [1.807, 2.05) is 0 Å². The molecule has 0 saturated carbocycles. The summed E-state index contributed by atoms with van der Waals surface area (Å²) in [5.41, 5.74) is 0.220. The maximum absolute atomic E-state index is 10.9. The maximum Gasteiger partial charge on any atom is 0.255 e. The van der Waals surface area contributed by atoms with Gasteiger partial charge in [-0.3, -0.25) is 9.59 Å². The minimum atomic E-state index is -0.710. The molecule has 1 rings (SSSR count). The zero-order valence-corrected chi connectivity index (χ0v) is 11.2. The fourth-order valence-electron chi connectivity index (χ4n) is 0.728. The van der Waals surface area contributed by atoms with Crippen molar-refractivity contribution >= 4 is 76.9 Å². The predicted molar refractivity (Wildman–Crippen MR) is 60.1 cm³/mol. The molecule has 0 aromatic carbocycles. The predicted octanol–water partition coefficient (Wildman–Crippen LogP) is 4.03. The van der Waals surface area contributed by atoms with Crippen LogP contribution in [0.4, 0.5) is 0 Å². The number of hydrogen-bond acceptors (Lipinski definition) is 3. The molecule has 2 nitrogen and oxygen atoms in total. The molecular formula is C6Br2Cl2O2S. The first-order valence-corrected chi connectivity index (χ1v) is 5.98. The van der Waals surface area contributed by atoms with Crippen LogP contribution >= 0.6 is 66.4 Å². The first-order valence-electron chi connectivity index (χ1n) is 2.82. The molecule has 13 heavy (non-hydrogen) atoms. The standard InChI is InChI=1S/C6Br2Cl2O2S/c7-3-1(5(9)11)2(6(10)12)4(8)13-3. The van der Waals surface area contributed by atoms with E-state index >= 15 is 0 Å². The van der Waals surface area contributed by atoms with Gasteiger partial charge in [0.2, 0.25) is 0 Å². The lowest BCUT2D eigenvalue weighted by atomic mass is 10.2. The van der Waals surface area contributed by atoms with Crippen molar-refractivity contribution in [2.45, 2.75) is 0 Å². The first kappa shape index (κ1) is 11.7. The van der Waals surface area contributed by atoms with E-state index in [1.165, 1.54) is 11.3 Å². The Balaban J connectivity index is 3.47. The lowest BCUT2D eigenvalue weighted by Gasteiger charge is -1.93. The molecule has 0 unspecified atom stereocenters. The molecule has 1 aromatic heterocycles. The molecule has 70 valence electrons. The highest BCUT2D eigenvalue weighted by Gasteiger charge is 2.23. The Morgan fingerprint density at radius 3 is 1.54 bits per heavy atom. The highest BCUT2D eigenvalue weighted by Crippen LogP contribution is 2.38. The minimum Gasteiger partial charge on any atom is -0.276 e. The van der Waals surface area contributed by atoms with Gasteiger partial charge < -0.3 is 0 Å². The number of hydrogen-bond donors (Lipinski definition) is 0. The van der Waals surface area contributed by atoms with Crippen molar-refractivity contribution in [3.63, 3.8) is 0 Å². The van der Waals surface area contributed by atoms with E-state index in [2.05, 4.69) is 31.9 Å². The van der Waals surface area contributed by atoms with Gasteiger partial charge in [0.05, 0.1) is 18.7 Å². The number of carbonyl (C=O) groups is 2. The summed E-state index contributed by atoms with van der Waals surface area (Å²) in [6, 6.07) is 0. The Bertz CT molecular complexity index is 354. The van der Waals surface area contributed by atoms with Crippen molar-refractivity contribution < 1.29 is 9.59 Å². The smallest absolute Gasteiger partial charge is 0.255 e. The third kappa shape index (κ3) is 2.33. The summed E-state index contributed by atoms with van der Waals surface area (Å²) in [4.78, 5) is 21.8. The monoisotopic (exact) mass is 364 g/mol. The Morgan fingerprint density at radius 1 is 1.00 bits per heavy atom. The van der Waals surface area contributed by atoms with Gasteiger partial charge in [0.15, 0.2) is 0 Å². The van der Waals surface area contributed by atoms with Crippen LogP contribution < -0.4 is 0 Å². The average Bonchev–Trinajstić information content (AvgIpc) is 2.24. The summed E-state index contributed by atoms with van der Waals surface area (Å²) in [7, 11) is 0. The highest BCUT2D eigenvalue weighted by molar-refractivity contribution is 9.12. The SMILES string of the molecule is O=C(Cl)c1c(Br)sc(Br)c1C(=O)Cl. The quantitative estimate of drug-likeness (QED) is 0.740. The Hall–Kier alpha value is 0.580. The molecule has 0 bridgehead atoms. The fraction of sp³-hybridized carbons (Fsp3) is 0. The van der Waals surface area contributed by atoms with E-state index in [0.717, 1.165) is 0 Å². The molecule has 0 radical (unpaired) electrons. The van der Waals surface area contributed by atoms with E-state index < -0.39 is 10.5 Å². The van der Waals surface area contributed by atoms with Crippen molar-refractivity contribution in [3.8, 4) is 0 Å². The fourth-order valence-corrected chi connectivity index (χ4v) is 4.58. The second-order valence-corrected chi connectivity index (χ2v) is 6.29. The van der Waals surface area contributed by atoms with Crippen LogP contribution in [0.2, 0.25) is 0 Å². The zero-order chi connectivity index (χ0) is 10.2. The molecule has 1 aromatic rings. The Kier molecular flexibility index (Phi) is 3.94. The molecule has 1 heterocycles. The molecule has 0 amide bonds. The van der Waals surface area contributed by atoms with Crippen molar-refractivity contribution in [1.29, 1.82) is 0 Å². The van der Waals surface area contributed by atoms with Gasteiger partial charge in [-0.2, -0.15) is 0 Å². The first-order chi connectivity index (χ1) is 5.95. The molecule has 0 aliphatic heterocycles. The van der Waals surface area contributed by atoms with Gasteiger partial charge >= 0.3 is 0 Å². The van der Waals surface area contributed by atoms with Crippen LogP contribution in [0.3, 0.4) is 0 Å². The van der Waals surface area contributed by atoms with Crippen LogP contribution in [0.1, 0.15) is 20.7 Å². The van der Waals surface area contributed by atoms with Crippen LogP contribution in [0, 0.1) is 0 Å². The summed E-state index contributed by atoms with van der Waals surface area (Å²) < 4.78 is 0.978. The number of thiophene rings is 1. The van der Waals surface area contributed by atoms with Gasteiger partial charge in [0, 0.05) is 0 Å². The second-order valence-electron chi connectivity index (χ2n) is 1.95. The van der Waals surface area contributed by atoms with Crippen molar-refractivity contribution in [2.24, 2.45) is 0 Å². The molecule has 0 saturated heterocycles. The van der Waals surface area contributed by atoms with Gasteiger partial charge in [-0.1, -0.05) is 0 Å². The van der Waals surface area contributed by atoms with Crippen LogP contribution in [0.5, 0.6) is 0 Å². The summed E-state index contributed by atoms with van der Waals surface area (Å²) >= 11 is 17.9. The molecule has 0 spiro atoms. The zero-order valence-electron chi connectivity index (χ0n) is 5.74. The van der Waals surface area contributed by atoms with Crippen LogP contribution in [-0.4, -0.2) is 10.5 Å². The average molecular weight is 367 g/mol. The third-order valence-corrected chi connectivity index (χ3v) is 4.12. The molecule has 0 fully saturated rings. The second kappa shape index (κ2) is 4.40. The summed E-state index contributed by atoms with van der Waals surface area (Å²) in [5, 5.41) is -1.42. The van der Waals surface area contributed by atoms with E-state index in [1.54, 1.807) is 0 Å². The molecule has 0 aliphatic carbocycles. The topological polar surface area (TPSA) is 34.1 Å². The number of rotatable bonds is 2. The molecular weight excluding hydrogens is 367 g/mol. The molecule has 0 aliphatic rings. The Morgan fingerprint density at radius 2 is 1.31 bits per heavy atom. The highest BCUT2D eigenvalue weighted by atomic mass is 79.9. The van der Waals surface area contributed by atoms with Crippen molar-refractivity contribution in [1.82, 2.24) is 0 Å². The normalized spacial score (nSPS) is 10.2. The van der Waals surface area contributed by atoms with Gasteiger partial charge in [-0.25, -0.2) is 0 Å². The molecule has 0 N–H and O–H groups in total. The molecule has 0 atom stereocenters. The van der Waals surface area contributed by atoms with Crippen LogP contribution in [0.15, 0.2) is 7.57 Å². The van der Waals surface area contributed by atoms with Crippen molar-refractivity contribution in [2.75, 3.05) is 0 Å². The third-order valence-electron chi connectivity index (χ3n) is 1.22. The molecule has 7 heteroatoms. The van der Waals surface area contributed by atoms with Crippen molar-refractivity contribution in [3.05, 3.63) is 18.7 Å². The largest absolute Gasteiger partial charge is 0.276 e. The van der Waals surface area contributed by atoms with Gasteiger partial charge in [0.25, 0.3) is 10.5 Å². The minimum absolute atomic E-state index is 0.110. The number of carbonyl (C=O) groups excluding carboxylic acids is 2.